The molecule has 1 N–H and O–H groups in total. The number of nitrogens with one attached hydrogen (secondary N) is 1. The van der Waals surface area contributed by atoms with Crippen molar-refractivity contribution in [3.63, 3.8) is 0 Å². The van der Waals surface area contributed by atoms with Crippen LogP contribution >= 0.6 is 23.2 Å². The summed E-state index contributed by atoms with van der Waals surface area (Å²) in [5.74, 6) is -0.209. The molecule has 0 aliphatic rings. The highest BCUT2D eigenvalue weighted by molar-refractivity contribution is 7.89. The fourth-order valence-electron chi connectivity index (χ4n) is 1.54. The van der Waals surface area contributed by atoms with Gasteiger partial charge in [0, 0.05) is 25.7 Å². The molecule has 0 saturated carbocycles. The van der Waals surface area contributed by atoms with Gasteiger partial charge in [0.25, 0.3) is 0 Å². The van der Waals surface area contributed by atoms with Crippen LogP contribution in [-0.4, -0.2) is 33.2 Å². The molecular formula is C12H16Cl2N2O3S. The minimum Gasteiger partial charge on any atom is -0.311 e. The van der Waals surface area contributed by atoms with Crippen LogP contribution < -0.4 is 9.62 Å². The average Bonchev–Trinajstić information content (AvgIpc) is 2.38. The Balaban J connectivity index is 2.80. The number of hydrogen-bond donors (Lipinski definition) is 1. The van der Waals surface area contributed by atoms with Gasteiger partial charge in [-0.3, -0.25) is 4.79 Å². The summed E-state index contributed by atoms with van der Waals surface area (Å²) in [6.45, 7) is 3.30. The van der Waals surface area contributed by atoms with Crippen molar-refractivity contribution >= 4 is 44.8 Å². The van der Waals surface area contributed by atoms with Gasteiger partial charge in [0.2, 0.25) is 15.9 Å². The Hall–Kier alpha value is -0.820. The fraction of sp³-hybridized carbons (Fsp3) is 0.417. The zero-order valence-electron chi connectivity index (χ0n) is 11.2. The Morgan fingerprint density at radius 1 is 1.30 bits per heavy atom. The van der Waals surface area contributed by atoms with Gasteiger partial charge in [-0.15, -0.1) is 0 Å². The molecule has 0 aliphatic carbocycles. The predicted molar refractivity (Wildman–Crippen MR) is 82.0 cm³/mol. The van der Waals surface area contributed by atoms with Crippen molar-refractivity contribution in [2.24, 2.45) is 0 Å². The second kappa shape index (κ2) is 7.26. The van der Waals surface area contributed by atoms with Gasteiger partial charge in [0.1, 0.15) is 0 Å². The topological polar surface area (TPSA) is 66.5 Å². The van der Waals surface area contributed by atoms with E-state index in [0.29, 0.717) is 15.7 Å². The van der Waals surface area contributed by atoms with Gasteiger partial charge in [-0.1, -0.05) is 23.2 Å². The second-order valence-corrected chi connectivity index (χ2v) is 6.98. The fourth-order valence-corrected chi connectivity index (χ4v) is 2.44. The van der Waals surface area contributed by atoms with Crippen molar-refractivity contribution in [2.45, 2.75) is 13.8 Å². The van der Waals surface area contributed by atoms with Gasteiger partial charge >= 0.3 is 0 Å². The number of rotatable bonds is 6. The summed E-state index contributed by atoms with van der Waals surface area (Å²) in [4.78, 5) is 13.1. The Bertz CT molecular complexity index is 590. The van der Waals surface area contributed by atoms with Crippen LogP contribution in [0.4, 0.5) is 5.69 Å². The van der Waals surface area contributed by atoms with E-state index in [9.17, 15) is 13.2 Å². The van der Waals surface area contributed by atoms with Gasteiger partial charge in [0.05, 0.1) is 15.8 Å². The Labute approximate surface area is 128 Å². The Morgan fingerprint density at radius 2 is 1.95 bits per heavy atom. The van der Waals surface area contributed by atoms with Crippen LogP contribution in [0.1, 0.15) is 13.8 Å². The number of sulfonamides is 1. The molecule has 5 nitrogen and oxygen atoms in total. The molecule has 8 heteroatoms. The van der Waals surface area contributed by atoms with Crippen LogP contribution in [0.3, 0.4) is 0 Å². The van der Waals surface area contributed by atoms with Gasteiger partial charge in [0.15, 0.2) is 0 Å². The third-order valence-corrected chi connectivity index (χ3v) is 4.78. The van der Waals surface area contributed by atoms with Crippen LogP contribution in [0.5, 0.6) is 0 Å². The van der Waals surface area contributed by atoms with Crippen molar-refractivity contribution in [3.8, 4) is 0 Å². The second-order valence-electron chi connectivity index (χ2n) is 4.07. The first kappa shape index (κ1) is 17.2. The summed E-state index contributed by atoms with van der Waals surface area (Å²) >= 11 is 11.7. The lowest BCUT2D eigenvalue weighted by atomic mass is 10.3. The molecule has 0 aromatic heterocycles. The summed E-state index contributed by atoms with van der Waals surface area (Å²) in [7, 11) is -3.27. The highest BCUT2D eigenvalue weighted by Gasteiger charge is 2.14. The SMILES string of the molecule is CCS(=O)(=O)NCCN(C(C)=O)c1ccc(Cl)c(Cl)c1. The predicted octanol–water partition coefficient (Wildman–Crippen LogP) is 2.29. The van der Waals surface area contributed by atoms with E-state index in [0.717, 1.165) is 0 Å². The van der Waals surface area contributed by atoms with E-state index in [2.05, 4.69) is 4.72 Å². The van der Waals surface area contributed by atoms with E-state index in [1.165, 1.54) is 11.8 Å². The van der Waals surface area contributed by atoms with Crippen LogP contribution in [-0.2, 0) is 14.8 Å². The molecule has 0 unspecified atom stereocenters. The van der Waals surface area contributed by atoms with Gasteiger partial charge < -0.3 is 4.90 Å². The number of nitrogens with zero attached hydrogens (tertiary/aromatic N) is 1. The molecule has 112 valence electrons. The summed E-state index contributed by atoms with van der Waals surface area (Å²) in [5.41, 5.74) is 0.572. The van der Waals surface area contributed by atoms with Crippen LogP contribution in [0.25, 0.3) is 0 Å². The molecule has 1 amide bonds. The van der Waals surface area contributed by atoms with Gasteiger partial charge in [-0.2, -0.15) is 0 Å². The highest BCUT2D eigenvalue weighted by Crippen LogP contribution is 2.27. The van der Waals surface area contributed by atoms with Crippen LogP contribution in [0.15, 0.2) is 18.2 Å². The average molecular weight is 339 g/mol. The van der Waals surface area contributed by atoms with Crippen molar-refractivity contribution in [2.75, 3.05) is 23.7 Å². The molecule has 0 bridgehead atoms. The number of anilines is 1. The number of amides is 1. The maximum atomic E-state index is 11.6. The number of carbonyl (C=O) groups is 1. The smallest absolute Gasteiger partial charge is 0.223 e. The molecule has 1 aromatic carbocycles. The lowest BCUT2D eigenvalue weighted by Crippen LogP contribution is -2.38. The largest absolute Gasteiger partial charge is 0.311 e. The standard InChI is InChI=1S/C12H16Cl2N2O3S/c1-3-20(18,19)15-6-7-16(9(2)17)10-4-5-11(13)12(14)8-10/h4-5,8,15H,3,6-7H2,1-2H3. The minimum absolute atomic E-state index is 0.000154. The maximum Gasteiger partial charge on any atom is 0.223 e. The molecule has 0 radical (unpaired) electrons. The van der Waals surface area contributed by atoms with E-state index in [-0.39, 0.29) is 24.7 Å². The molecule has 0 spiro atoms. The number of carbonyl (C=O) groups excluding carboxylic acids is 1. The molecule has 0 atom stereocenters. The van der Waals surface area contributed by atoms with Crippen molar-refractivity contribution in [1.29, 1.82) is 0 Å². The lowest BCUT2D eigenvalue weighted by molar-refractivity contribution is -0.116. The monoisotopic (exact) mass is 338 g/mol. The lowest BCUT2D eigenvalue weighted by Gasteiger charge is -2.21. The summed E-state index contributed by atoms with van der Waals surface area (Å²) in [6, 6.07) is 4.81. The van der Waals surface area contributed by atoms with E-state index in [1.807, 2.05) is 0 Å². The van der Waals surface area contributed by atoms with Gasteiger partial charge in [-0.25, -0.2) is 13.1 Å². The molecule has 0 heterocycles. The Kier molecular flexibility index (Phi) is 6.26. The zero-order valence-corrected chi connectivity index (χ0v) is 13.5. The molecule has 0 aliphatic heterocycles. The van der Waals surface area contributed by atoms with E-state index in [1.54, 1.807) is 25.1 Å². The number of hydrogen-bond acceptors (Lipinski definition) is 3. The molecular weight excluding hydrogens is 323 g/mol. The van der Waals surface area contributed by atoms with Gasteiger partial charge in [-0.05, 0) is 25.1 Å². The molecule has 20 heavy (non-hydrogen) atoms. The van der Waals surface area contributed by atoms with E-state index < -0.39 is 10.0 Å². The summed E-state index contributed by atoms with van der Waals surface area (Å²) < 4.78 is 25.1. The first-order chi connectivity index (χ1) is 9.26. The first-order valence-corrected chi connectivity index (χ1v) is 8.38. The van der Waals surface area contributed by atoms with Crippen molar-refractivity contribution in [1.82, 2.24) is 4.72 Å². The highest BCUT2D eigenvalue weighted by atomic mass is 35.5. The van der Waals surface area contributed by atoms with Crippen LogP contribution in [0.2, 0.25) is 10.0 Å². The van der Waals surface area contributed by atoms with Crippen molar-refractivity contribution < 1.29 is 13.2 Å². The zero-order chi connectivity index (χ0) is 15.3. The third-order valence-electron chi connectivity index (χ3n) is 2.63. The first-order valence-electron chi connectivity index (χ1n) is 5.97. The third kappa shape index (κ3) is 4.94. The molecule has 1 aromatic rings. The minimum atomic E-state index is -3.27. The van der Waals surface area contributed by atoms with Crippen molar-refractivity contribution in [3.05, 3.63) is 28.2 Å². The molecule has 1 rings (SSSR count). The molecule has 0 saturated heterocycles. The van der Waals surface area contributed by atoms with Crippen LogP contribution in [0, 0.1) is 0 Å². The van der Waals surface area contributed by atoms with E-state index >= 15 is 0 Å². The summed E-state index contributed by atoms with van der Waals surface area (Å²) in [5, 5.41) is 0.732. The number of halogens is 2. The summed E-state index contributed by atoms with van der Waals surface area (Å²) in [6.07, 6.45) is 0. The van der Waals surface area contributed by atoms with E-state index in [4.69, 9.17) is 23.2 Å². The molecule has 0 fully saturated rings. The Morgan fingerprint density at radius 3 is 2.45 bits per heavy atom. The maximum absolute atomic E-state index is 11.6. The normalized spacial score (nSPS) is 11.4. The quantitative estimate of drug-likeness (QED) is 0.865. The number of benzene rings is 1.